The van der Waals surface area contributed by atoms with E-state index >= 15 is 0 Å². The molecule has 4 aromatic rings. The lowest BCUT2D eigenvalue weighted by atomic mass is 10.3. The molecule has 4 rings (SSSR count). The summed E-state index contributed by atoms with van der Waals surface area (Å²) in [6.07, 6.45) is 3.45. The minimum atomic E-state index is -0.327. The molecule has 0 spiro atoms. The van der Waals surface area contributed by atoms with E-state index in [-0.39, 0.29) is 11.7 Å². The first kappa shape index (κ1) is 18.6. The molecule has 2 heterocycles. The number of hydrogen-bond acceptors (Lipinski definition) is 5. The molecule has 28 heavy (non-hydrogen) atoms. The van der Waals surface area contributed by atoms with Gasteiger partial charge in [-0.1, -0.05) is 35.2 Å². The van der Waals surface area contributed by atoms with E-state index < -0.39 is 0 Å². The van der Waals surface area contributed by atoms with E-state index in [1.54, 1.807) is 27.8 Å². The number of imidazole rings is 1. The molecule has 2 aromatic carbocycles. The Kier molecular flexibility index (Phi) is 5.15. The zero-order chi connectivity index (χ0) is 19.7. The van der Waals surface area contributed by atoms with Crippen molar-refractivity contribution in [2.75, 3.05) is 17.7 Å². The molecule has 1 amide bonds. The number of anilines is 1. The van der Waals surface area contributed by atoms with Gasteiger partial charge in [-0.05, 0) is 49.6 Å². The average molecular weight is 413 g/mol. The van der Waals surface area contributed by atoms with Gasteiger partial charge in [0.25, 0.3) is 5.91 Å². The van der Waals surface area contributed by atoms with Gasteiger partial charge in [0, 0.05) is 12.2 Å². The highest BCUT2D eigenvalue weighted by Crippen LogP contribution is 2.30. The normalized spacial score (nSPS) is 11.1. The molecule has 0 unspecified atom stereocenters. The molecule has 0 radical (unpaired) electrons. The molecule has 0 atom stereocenters. The summed E-state index contributed by atoms with van der Waals surface area (Å²) in [6, 6.07) is 13.8. The maximum absolute atomic E-state index is 13.4. The van der Waals surface area contributed by atoms with Crippen LogP contribution in [0.1, 0.15) is 17.4 Å². The standard InChI is InChI=1S/C20H17FN4OS2/c1-3-24(20-23-15-6-4-5-7-17(15)28-20)18(26)16-12-22-19(27-2)25(16)14-10-8-13(21)9-11-14/h4-12H,3H2,1-2H3. The van der Waals surface area contributed by atoms with Crippen LogP contribution in [0.25, 0.3) is 15.9 Å². The molecular weight excluding hydrogens is 395 g/mol. The number of halogens is 1. The lowest BCUT2D eigenvalue weighted by Crippen LogP contribution is -2.32. The van der Waals surface area contributed by atoms with Gasteiger partial charge in [-0.15, -0.1) is 0 Å². The lowest BCUT2D eigenvalue weighted by molar-refractivity contribution is 0.0981. The summed E-state index contributed by atoms with van der Waals surface area (Å²) in [7, 11) is 0. The van der Waals surface area contributed by atoms with E-state index in [9.17, 15) is 9.18 Å². The Morgan fingerprint density at radius 2 is 1.96 bits per heavy atom. The maximum atomic E-state index is 13.4. The van der Waals surface area contributed by atoms with E-state index in [1.807, 2.05) is 37.4 Å². The summed E-state index contributed by atoms with van der Waals surface area (Å²) in [5.41, 5.74) is 1.97. The Morgan fingerprint density at radius 3 is 2.64 bits per heavy atom. The zero-order valence-electron chi connectivity index (χ0n) is 15.3. The summed E-state index contributed by atoms with van der Waals surface area (Å²) in [4.78, 5) is 24.0. The number of para-hydroxylation sites is 1. The van der Waals surface area contributed by atoms with Crippen molar-refractivity contribution >= 4 is 44.4 Å². The molecule has 0 saturated carbocycles. The van der Waals surface area contributed by atoms with E-state index in [0.29, 0.717) is 28.2 Å². The number of carbonyl (C=O) groups is 1. The van der Waals surface area contributed by atoms with Crippen LogP contribution in [0.2, 0.25) is 0 Å². The first-order valence-electron chi connectivity index (χ1n) is 8.67. The van der Waals surface area contributed by atoms with E-state index in [4.69, 9.17) is 0 Å². The van der Waals surface area contributed by atoms with Crippen molar-refractivity contribution in [3.8, 4) is 5.69 Å². The summed E-state index contributed by atoms with van der Waals surface area (Å²) >= 11 is 2.90. The molecule has 0 bridgehead atoms. The van der Waals surface area contributed by atoms with Crippen LogP contribution in [-0.2, 0) is 0 Å². The Bertz CT molecular complexity index is 1100. The lowest BCUT2D eigenvalue weighted by Gasteiger charge is -2.19. The first-order valence-corrected chi connectivity index (χ1v) is 10.7. The summed E-state index contributed by atoms with van der Waals surface area (Å²) in [5.74, 6) is -0.522. The van der Waals surface area contributed by atoms with Crippen molar-refractivity contribution in [3.63, 3.8) is 0 Å². The highest BCUT2D eigenvalue weighted by atomic mass is 32.2. The molecule has 142 valence electrons. The molecule has 0 saturated heterocycles. The molecule has 0 N–H and O–H groups in total. The van der Waals surface area contributed by atoms with Crippen LogP contribution in [0.3, 0.4) is 0 Å². The number of benzene rings is 2. The fourth-order valence-corrected chi connectivity index (χ4v) is 4.52. The van der Waals surface area contributed by atoms with Crippen LogP contribution in [0.5, 0.6) is 0 Å². The smallest absolute Gasteiger partial charge is 0.278 e. The number of carbonyl (C=O) groups excluding carboxylic acids is 1. The Labute approximate surface area is 169 Å². The van der Waals surface area contributed by atoms with Crippen LogP contribution < -0.4 is 4.90 Å². The predicted molar refractivity (Wildman–Crippen MR) is 112 cm³/mol. The van der Waals surface area contributed by atoms with Crippen molar-refractivity contribution in [1.29, 1.82) is 0 Å². The average Bonchev–Trinajstić information content (AvgIpc) is 3.33. The summed E-state index contributed by atoms with van der Waals surface area (Å²) in [6.45, 7) is 2.39. The second-order valence-corrected chi connectivity index (χ2v) is 7.74. The maximum Gasteiger partial charge on any atom is 0.278 e. The molecule has 5 nitrogen and oxygen atoms in total. The van der Waals surface area contributed by atoms with Crippen molar-refractivity contribution in [3.05, 3.63) is 66.2 Å². The number of thiazole rings is 1. The third kappa shape index (κ3) is 3.29. The minimum absolute atomic E-state index is 0.196. The van der Waals surface area contributed by atoms with Gasteiger partial charge in [0.15, 0.2) is 10.3 Å². The molecule has 0 aliphatic heterocycles. The fourth-order valence-electron chi connectivity index (χ4n) is 2.95. The van der Waals surface area contributed by atoms with Gasteiger partial charge in [0.1, 0.15) is 11.5 Å². The van der Waals surface area contributed by atoms with Gasteiger partial charge in [-0.3, -0.25) is 14.3 Å². The number of nitrogens with zero attached hydrogens (tertiary/aromatic N) is 4. The fraction of sp³-hybridized carbons (Fsp3) is 0.150. The Morgan fingerprint density at radius 1 is 1.21 bits per heavy atom. The SMILES string of the molecule is CCN(C(=O)c1cnc(SC)n1-c1ccc(F)cc1)c1nc2ccccc2s1. The van der Waals surface area contributed by atoms with Crippen molar-refractivity contribution in [2.45, 2.75) is 12.1 Å². The Hall–Kier alpha value is -2.71. The van der Waals surface area contributed by atoms with Crippen LogP contribution >= 0.6 is 23.1 Å². The van der Waals surface area contributed by atoms with Crippen LogP contribution in [0.4, 0.5) is 9.52 Å². The molecule has 2 aromatic heterocycles. The number of hydrogen-bond donors (Lipinski definition) is 0. The van der Waals surface area contributed by atoms with Gasteiger partial charge in [-0.25, -0.2) is 14.4 Å². The number of amides is 1. The van der Waals surface area contributed by atoms with Gasteiger partial charge < -0.3 is 0 Å². The third-order valence-electron chi connectivity index (χ3n) is 4.29. The van der Waals surface area contributed by atoms with Gasteiger partial charge in [0.05, 0.1) is 16.4 Å². The van der Waals surface area contributed by atoms with Gasteiger partial charge >= 0.3 is 0 Å². The van der Waals surface area contributed by atoms with Crippen LogP contribution in [-0.4, -0.2) is 33.2 Å². The predicted octanol–water partition coefficient (Wildman–Crippen LogP) is 5.01. The number of rotatable bonds is 5. The highest BCUT2D eigenvalue weighted by Gasteiger charge is 2.25. The summed E-state index contributed by atoms with van der Waals surface area (Å²) in [5, 5.41) is 1.31. The summed E-state index contributed by atoms with van der Waals surface area (Å²) < 4.78 is 16.1. The Balaban J connectivity index is 1.78. The molecular formula is C20H17FN4OS2. The largest absolute Gasteiger partial charge is 0.283 e. The molecule has 0 aliphatic carbocycles. The minimum Gasteiger partial charge on any atom is -0.283 e. The molecule has 0 aliphatic rings. The first-order chi connectivity index (χ1) is 13.6. The van der Waals surface area contributed by atoms with Crippen LogP contribution in [0, 0.1) is 5.82 Å². The number of aromatic nitrogens is 3. The second kappa shape index (κ2) is 7.73. The van der Waals surface area contributed by atoms with Crippen LogP contribution in [0.15, 0.2) is 59.9 Å². The van der Waals surface area contributed by atoms with Crippen molar-refractivity contribution in [2.24, 2.45) is 0 Å². The zero-order valence-corrected chi connectivity index (χ0v) is 16.9. The molecule has 0 fully saturated rings. The van der Waals surface area contributed by atoms with E-state index in [2.05, 4.69) is 9.97 Å². The van der Waals surface area contributed by atoms with E-state index in [0.717, 1.165) is 10.2 Å². The third-order valence-corrected chi connectivity index (χ3v) is 6.00. The topological polar surface area (TPSA) is 51.0 Å². The van der Waals surface area contributed by atoms with E-state index in [1.165, 1.54) is 35.2 Å². The van der Waals surface area contributed by atoms with Gasteiger partial charge in [-0.2, -0.15) is 0 Å². The van der Waals surface area contributed by atoms with Crippen molar-refractivity contribution < 1.29 is 9.18 Å². The highest BCUT2D eigenvalue weighted by molar-refractivity contribution is 7.98. The monoisotopic (exact) mass is 412 g/mol. The quantitative estimate of drug-likeness (QED) is 0.433. The number of thioether (sulfide) groups is 1. The number of fused-ring (bicyclic) bond motifs is 1. The van der Waals surface area contributed by atoms with Gasteiger partial charge in [0.2, 0.25) is 0 Å². The van der Waals surface area contributed by atoms with Crippen molar-refractivity contribution in [1.82, 2.24) is 14.5 Å². The molecule has 8 heteroatoms. The second-order valence-electron chi connectivity index (χ2n) is 5.96.